The fraction of sp³-hybridized carbons (Fsp3) is 0.269. The van der Waals surface area contributed by atoms with Gasteiger partial charge in [-0.1, -0.05) is 60.9 Å². The number of alkyl halides is 1. The Hall–Kier alpha value is -2.88. The minimum absolute atomic E-state index is 0.467. The number of tetrazole rings is 1. The van der Waals surface area contributed by atoms with Crippen molar-refractivity contribution in [2.75, 3.05) is 23.3 Å². The van der Waals surface area contributed by atoms with E-state index in [-0.39, 0.29) is 0 Å². The van der Waals surface area contributed by atoms with Crippen molar-refractivity contribution in [3.8, 4) is 11.4 Å². The molecule has 3 unspecified atom stereocenters. The number of rotatable bonds is 7. The number of hydrogen-bond acceptors (Lipinski definition) is 5. The predicted octanol–water partition coefficient (Wildman–Crippen LogP) is 5.83. The molecule has 0 saturated carbocycles. The molecule has 0 amide bonds. The third kappa shape index (κ3) is 5.86. The van der Waals surface area contributed by atoms with Crippen LogP contribution in [-0.4, -0.2) is 33.3 Å². The zero-order valence-electron chi connectivity index (χ0n) is 19.4. The van der Waals surface area contributed by atoms with E-state index in [4.69, 9.17) is 5.10 Å². The highest BCUT2D eigenvalue weighted by Crippen LogP contribution is 2.40. The van der Waals surface area contributed by atoms with Crippen LogP contribution in [0.2, 0.25) is 0 Å². The van der Waals surface area contributed by atoms with Crippen molar-refractivity contribution >= 4 is 35.5 Å². The Kier molecular flexibility index (Phi) is 7.08. The van der Waals surface area contributed by atoms with E-state index in [0.717, 1.165) is 49.4 Å². The van der Waals surface area contributed by atoms with E-state index in [1.54, 1.807) is 16.9 Å². The van der Waals surface area contributed by atoms with Gasteiger partial charge in [0.25, 0.3) is 0 Å². The molecule has 1 N–H and O–H groups in total. The molecule has 5 rings (SSSR count). The van der Waals surface area contributed by atoms with Crippen LogP contribution in [0.3, 0.4) is 0 Å². The van der Waals surface area contributed by atoms with Crippen molar-refractivity contribution < 1.29 is 4.39 Å². The molecule has 0 spiro atoms. The minimum atomic E-state index is -1.53. The van der Waals surface area contributed by atoms with Crippen LogP contribution in [0.1, 0.15) is 18.4 Å². The zero-order chi connectivity index (χ0) is 24.3. The Balaban J connectivity index is 1.28. The second-order valence-electron chi connectivity index (χ2n) is 8.97. The average Bonchev–Trinajstić information content (AvgIpc) is 3.33. The van der Waals surface area contributed by atoms with Crippen LogP contribution < -0.4 is 10.2 Å². The summed E-state index contributed by atoms with van der Waals surface area (Å²) in [6, 6.07) is 25.7. The molecule has 1 saturated heterocycles. The van der Waals surface area contributed by atoms with Crippen molar-refractivity contribution in [3.63, 3.8) is 0 Å². The first-order chi connectivity index (χ1) is 17.0. The smallest absolute Gasteiger partial charge is 0.207 e. The Morgan fingerprint density at radius 2 is 1.71 bits per heavy atom. The molecule has 3 aromatic carbocycles. The van der Waals surface area contributed by atoms with Crippen LogP contribution in [0, 0.1) is 5.92 Å². The molecule has 3 atom stereocenters. The molecule has 180 valence electrons. The maximum absolute atomic E-state index is 14.1. The predicted molar refractivity (Wildman–Crippen MR) is 147 cm³/mol. The number of aromatic nitrogens is 4. The number of anilines is 3. The summed E-state index contributed by atoms with van der Waals surface area (Å²) in [5.41, 5.74) is 4.44. The molecule has 0 aliphatic carbocycles. The van der Waals surface area contributed by atoms with E-state index < -0.39 is 5.15 Å². The highest BCUT2D eigenvalue weighted by atomic mass is 31.1. The first-order valence-electron chi connectivity index (χ1n) is 11.8. The number of para-hydroxylation sites is 2. The molecule has 6 nitrogen and oxygen atoms in total. The van der Waals surface area contributed by atoms with E-state index in [9.17, 15) is 4.39 Å². The molecule has 1 aromatic heterocycles. The third-order valence-electron chi connectivity index (χ3n) is 6.29. The van der Waals surface area contributed by atoms with Crippen molar-refractivity contribution in [3.05, 3.63) is 84.4 Å². The topological polar surface area (TPSA) is 58.9 Å². The lowest BCUT2D eigenvalue weighted by Gasteiger charge is -2.34. The average molecular weight is 507 g/mol. The van der Waals surface area contributed by atoms with Gasteiger partial charge >= 0.3 is 0 Å². The summed E-state index contributed by atoms with van der Waals surface area (Å²) < 4.78 is 14.1. The molecule has 1 aliphatic heterocycles. The van der Waals surface area contributed by atoms with Gasteiger partial charge in [-0.05, 0) is 65.9 Å². The summed E-state index contributed by atoms with van der Waals surface area (Å²) in [6.07, 6.45) is 2.31. The quantitative estimate of drug-likeness (QED) is 0.320. The van der Waals surface area contributed by atoms with Gasteiger partial charge in [0.05, 0.1) is 6.54 Å². The molecule has 4 aromatic rings. The second kappa shape index (κ2) is 10.4. The number of piperidine rings is 1. The van der Waals surface area contributed by atoms with Gasteiger partial charge in [0.2, 0.25) is 5.82 Å². The highest BCUT2D eigenvalue weighted by molar-refractivity contribution is 7.38. The Labute approximate surface area is 209 Å². The Bertz CT molecular complexity index is 1260. The van der Waals surface area contributed by atoms with Crippen LogP contribution in [0.15, 0.2) is 78.9 Å². The van der Waals surface area contributed by atoms with E-state index in [1.165, 1.54) is 5.69 Å². The highest BCUT2D eigenvalue weighted by Gasteiger charge is 2.22. The Morgan fingerprint density at radius 1 is 0.971 bits per heavy atom. The summed E-state index contributed by atoms with van der Waals surface area (Å²) in [5, 5.41) is 15.3. The van der Waals surface area contributed by atoms with Gasteiger partial charge in [-0.2, -0.15) is 4.80 Å². The lowest BCUT2D eigenvalue weighted by molar-refractivity contribution is 0.329. The fourth-order valence-corrected chi connectivity index (χ4v) is 4.88. The van der Waals surface area contributed by atoms with Gasteiger partial charge in [-0.25, -0.2) is 4.39 Å². The monoisotopic (exact) mass is 506 g/mol. The summed E-state index contributed by atoms with van der Waals surface area (Å²) in [5.74, 6) is 1.05. The first-order valence-corrected chi connectivity index (χ1v) is 12.9. The van der Waals surface area contributed by atoms with Crippen molar-refractivity contribution in [2.24, 2.45) is 5.92 Å². The van der Waals surface area contributed by atoms with Crippen LogP contribution in [-0.2, 0) is 11.7 Å². The van der Waals surface area contributed by atoms with E-state index >= 15 is 0 Å². The molecule has 9 heteroatoms. The van der Waals surface area contributed by atoms with Crippen LogP contribution in [0.5, 0.6) is 0 Å². The van der Waals surface area contributed by atoms with Gasteiger partial charge in [0.15, 0.2) is 5.15 Å². The lowest BCUT2D eigenvalue weighted by atomic mass is 9.97. The first kappa shape index (κ1) is 23.8. The molecule has 0 radical (unpaired) electrons. The maximum atomic E-state index is 14.1. The number of nitrogens with zero attached hydrogens (tertiary/aromatic N) is 5. The van der Waals surface area contributed by atoms with Gasteiger partial charge in [-0.3, -0.25) is 0 Å². The molecule has 35 heavy (non-hydrogen) atoms. The molecular weight excluding hydrogens is 477 g/mol. The van der Waals surface area contributed by atoms with Crippen molar-refractivity contribution in [1.82, 2.24) is 20.2 Å². The number of benzene rings is 3. The van der Waals surface area contributed by atoms with Gasteiger partial charge < -0.3 is 10.2 Å². The minimum Gasteiger partial charge on any atom is -0.371 e. The van der Waals surface area contributed by atoms with Crippen LogP contribution >= 0.6 is 18.5 Å². The molecule has 2 heterocycles. The zero-order valence-corrected chi connectivity index (χ0v) is 21.7. The number of nitrogens with one attached hydrogen (secondary N) is 1. The van der Waals surface area contributed by atoms with Crippen LogP contribution in [0.4, 0.5) is 21.5 Å². The van der Waals surface area contributed by atoms with E-state index in [2.05, 4.69) is 69.3 Å². The van der Waals surface area contributed by atoms with E-state index in [1.807, 2.05) is 36.4 Å². The standard InChI is InChI=1S/C26H29FN6P2/c27-26(34,35)20-12-14-21(15-13-20)28-24-11-5-4-10-23(24)25-29-31-33(30-25)18-19-7-6-16-32(17-19)22-8-2-1-3-9-22/h1-5,8-15,19,28H,6-7,16-18,34-35H2. The normalized spacial score (nSPS) is 16.3. The Morgan fingerprint density at radius 3 is 2.49 bits per heavy atom. The SMILES string of the molecule is FC(P)(P)c1ccc(Nc2ccccc2-c2nnn(CC3CCCN(c4ccccc4)C3)n2)cc1. The van der Waals surface area contributed by atoms with Crippen LogP contribution in [0.25, 0.3) is 11.4 Å². The third-order valence-corrected chi connectivity index (χ3v) is 6.96. The second-order valence-corrected chi connectivity index (χ2v) is 11.3. The van der Waals surface area contributed by atoms with Crippen molar-refractivity contribution in [2.45, 2.75) is 24.5 Å². The fourth-order valence-electron chi connectivity index (χ4n) is 4.50. The number of hydrogen-bond donors (Lipinski definition) is 1. The van der Waals surface area contributed by atoms with E-state index in [0.29, 0.717) is 17.3 Å². The summed E-state index contributed by atoms with van der Waals surface area (Å²) in [4.78, 5) is 4.16. The molecule has 1 aliphatic rings. The lowest BCUT2D eigenvalue weighted by Crippen LogP contribution is -2.37. The van der Waals surface area contributed by atoms with Gasteiger partial charge in [-0.15, -0.1) is 10.2 Å². The number of halogens is 1. The summed E-state index contributed by atoms with van der Waals surface area (Å²) >= 11 is 0. The van der Waals surface area contributed by atoms with Gasteiger partial charge in [0.1, 0.15) is 0 Å². The van der Waals surface area contributed by atoms with Crippen molar-refractivity contribution in [1.29, 1.82) is 0 Å². The largest absolute Gasteiger partial charge is 0.371 e. The molecular formula is C26H29FN6P2. The maximum Gasteiger partial charge on any atom is 0.207 e. The van der Waals surface area contributed by atoms with Gasteiger partial charge in [0, 0.05) is 35.7 Å². The molecule has 0 bridgehead atoms. The summed E-state index contributed by atoms with van der Waals surface area (Å²) in [7, 11) is 4.38. The summed E-state index contributed by atoms with van der Waals surface area (Å²) in [6.45, 7) is 2.81. The molecule has 1 fully saturated rings.